The van der Waals surface area contributed by atoms with Crippen LogP contribution < -0.4 is 15.0 Å². The van der Waals surface area contributed by atoms with Crippen molar-refractivity contribution in [1.82, 2.24) is 15.0 Å². The van der Waals surface area contributed by atoms with Gasteiger partial charge in [0.05, 0.1) is 24.8 Å². The highest BCUT2D eigenvalue weighted by atomic mass is 16.5. The number of aromatic nitrogens is 3. The van der Waals surface area contributed by atoms with E-state index >= 15 is 0 Å². The number of morpholine rings is 1. The molecule has 0 radical (unpaired) electrons. The summed E-state index contributed by atoms with van der Waals surface area (Å²) in [6, 6.07) is 8.79. The molecule has 7 nitrogen and oxygen atoms in total. The first-order chi connectivity index (χ1) is 15.2. The predicted octanol–water partition coefficient (Wildman–Crippen LogP) is 3.97. The molecule has 0 bridgehead atoms. The fourth-order valence-electron chi connectivity index (χ4n) is 4.45. The molecule has 3 heterocycles. The number of pyridine rings is 1. The molecule has 31 heavy (non-hydrogen) atoms. The molecule has 1 saturated heterocycles. The van der Waals surface area contributed by atoms with Gasteiger partial charge >= 0.3 is 0 Å². The van der Waals surface area contributed by atoms with Crippen LogP contribution in [-0.2, 0) is 4.74 Å². The molecule has 0 spiro atoms. The predicted molar refractivity (Wildman–Crippen MR) is 122 cm³/mol. The van der Waals surface area contributed by atoms with Gasteiger partial charge in [-0.1, -0.05) is 0 Å². The molecule has 7 heteroatoms. The van der Waals surface area contributed by atoms with Crippen molar-refractivity contribution in [3.05, 3.63) is 48.4 Å². The Morgan fingerprint density at radius 2 is 1.77 bits per heavy atom. The second-order valence-corrected chi connectivity index (χ2v) is 8.42. The topological polar surface area (TPSA) is 72.4 Å². The van der Waals surface area contributed by atoms with Gasteiger partial charge in [0, 0.05) is 49.5 Å². The number of rotatable bonds is 5. The van der Waals surface area contributed by atoms with Gasteiger partial charge in [0.1, 0.15) is 17.1 Å². The summed E-state index contributed by atoms with van der Waals surface area (Å²) < 4.78 is 12.0. The highest BCUT2D eigenvalue weighted by molar-refractivity contribution is 5.85. The zero-order valence-electron chi connectivity index (χ0n) is 18.0. The lowest BCUT2D eigenvalue weighted by Crippen LogP contribution is -2.36. The largest absolute Gasteiger partial charge is 0.488 e. The first-order valence-corrected chi connectivity index (χ1v) is 11.2. The van der Waals surface area contributed by atoms with Crippen molar-refractivity contribution in [1.29, 1.82) is 0 Å². The average Bonchev–Trinajstić information content (AvgIpc) is 2.81. The van der Waals surface area contributed by atoms with E-state index in [0.717, 1.165) is 80.3 Å². The molecular weight excluding hydrogens is 390 g/mol. The van der Waals surface area contributed by atoms with E-state index in [1.165, 1.54) is 5.56 Å². The second kappa shape index (κ2) is 9.06. The SMILES string of the molecule is Cc1ccnc(N[C@H]2CC[C@@H](Oc3cc(N4CCOCC4)cc4nccnc34)CC2)c1. The van der Waals surface area contributed by atoms with Crippen LogP contribution in [-0.4, -0.2) is 53.4 Å². The maximum atomic E-state index is 6.51. The van der Waals surface area contributed by atoms with Crippen LogP contribution in [0.5, 0.6) is 5.75 Å². The van der Waals surface area contributed by atoms with Crippen LogP contribution in [0.15, 0.2) is 42.9 Å². The molecule has 1 aromatic carbocycles. The molecule has 2 aliphatic rings. The van der Waals surface area contributed by atoms with Crippen molar-refractivity contribution in [2.75, 3.05) is 36.5 Å². The van der Waals surface area contributed by atoms with Crippen molar-refractivity contribution in [2.45, 2.75) is 44.8 Å². The van der Waals surface area contributed by atoms with E-state index in [4.69, 9.17) is 9.47 Å². The molecule has 1 aliphatic carbocycles. The van der Waals surface area contributed by atoms with Gasteiger partial charge in [0.25, 0.3) is 0 Å². The Morgan fingerprint density at radius 3 is 2.58 bits per heavy atom. The lowest BCUT2D eigenvalue weighted by atomic mass is 9.93. The van der Waals surface area contributed by atoms with Crippen LogP contribution >= 0.6 is 0 Å². The van der Waals surface area contributed by atoms with E-state index in [0.29, 0.717) is 6.04 Å². The fourth-order valence-corrected chi connectivity index (χ4v) is 4.45. The number of aryl methyl sites for hydroxylation is 1. The molecule has 1 saturated carbocycles. The zero-order chi connectivity index (χ0) is 21.0. The number of anilines is 2. The van der Waals surface area contributed by atoms with Gasteiger partial charge in [-0.05, 0) is 56.4 Å². The Morgan fingerprint density at radius 1 is 0.968 bits per heavy atom. The molecule has 2 aromatic heterocycles. The summed E-state index contributed by atoms with van der Waals surface area (Å²) in [4.78, 5) is 15.9. The lowest BCUT2D eigenvalue weighted by molar-refractivity contribution is 0.122. The lowest BCUT2D eigenvalue weighted by Gasteiger charge is -2.31. The number of benzene rings is 1. The summed E-state index contributed by atoms with van der Waals surface area (Å²) in [5.74, 6) is 1.80. The van der Waals surface area contributed by atoms with Gasteiger partial charge in [-0.15, -0.1) is 0 Å². The van der Waals surface area contributed by atoms with E-state index in [-0.39, 0.29) is 6.10 Å². The van der Waals surface area contributed by atoms with Crippen molar-refractivity contribution < 1.29 is 9.47 Å². The molecule has 2 fully saturated rings. The van der Waals surface area contributed by atoms with Crippen LogP contribution in [0.1, 0.15) is 31.2 Å². The van der Waals surface area contributed by atoms with Crippen LogP contribution in [0.4, 0.5) is 11.5 Å². The van der Waals surface area contributed by atoms with Gasteiger partial charge in [0.15, 0.2) is 0 Å². The standard InChI is InChI=1S/C24H29N5O2/c1-17-6-7-26-23(14-17)28-18-2-4-20(5-3-18)31-22-16-19(29-10-12-30-13-11-29)15-21-24(22)27-9-8-25-21/h6-9,14-16,18,20H,2-5,10-13H2,1H3,(H,26,28)/t18-,20+. The molecule has 162 valence electrons. The highest BCUT2D eigenvalue weighted by Gasteiger charge is 2.24. The van der Waals surface area contributed by atoms with Crippen LogP contribution in [0.3, 0.4) is 0 Å². The molecule has 5 rings (SSSR count). The van der Waals surface area contributed by atoms with Crippen molar-refractivity contribution in [2.24, 2.45) is 0 Å². The first-order valence-electron chi connectivity index (χ1n) is 11.2. The third-order valence-electron chi connectivity index (χ3n) is 6.14. The molecule has 0 atom stereocenters. The average molecular weight is 420 g/mol. The number of hydrogen-bond donors (Lipinski definition) is 1. The minimum absolute atomic E-state index is 0.189. The van der Waals surface area contributed by atoms with Crippen molar-refractivity contribution in [3.63, 3.8) is 0 Å². The Balaban J connectivity index is 1.28. The van der Waals surface area contributed by atoms with E-state index < -0.39 is 0 Å². The third kappa shape index (κ3) is 4.71. The Bertz CT molecular complexity index is 1030. The summed E-state index contributed by atoms with van der Waals surface area (Å²) >= 11 is 0. The molecule has 0 amide bonds. The minimum atomic E-state index is 0.189. The number of nitrogens with one attached hydrogen (secondary N) is 1. The molecular formula is C24H29N5O2. The van der Waals surface area contributed by atoms with Crippen LogP contribution in [0, 0.1) is 6.92 Å². The van der Waals surface area contributed by atoms with Crippen molar-refractivity contribution in [3.8, 4) is 5.75 Å². The first kappa shape index (κ1) is 20.0. The van der Waals surface area contributed by atoms with E-state index in [2.05, 4.69) is 50.3 Å². The second-order valence-electron chi connectivity index (χ2n) is 8.42. The Labute approximate surface area is 182 Å². The number of ether oxygens (including phenoxy) is 2. The summed E-state index contributed by atoms with van der Waals surface area (Å²) in [6.45, 7) is 5.36. The van der Waals surface area contributed by atoms with Gasteiger partial charge in [-0.25, -0.2) is 9.97 Å². The van der Waals surface area contributed by atoms with Crippen LogP contribution in [0.25, 0.3) is 11.0 Å². The maximum Gasteiger partial charge on any atom is 0.149 e. The third-order valence-corrected chi connectivity index (χ3v) is 6.14. The summed E-state index contributed by atoms with van der Waals surface area (Å²) in [5, 5.41) is 3.58. The fraction of sp³-hybridized carbons (Fsp3) is 0.458. The van der Waals surface area contributed by atoms with E-state index in [1.54, 1.807) is 12.4 Å². The minimum Gasteiger partial charge on any atom is -0.488 e. The van der Waals surface area contributed by atoms with Gasteiger partial charge in [0.2, 0.25) is 0 Å². The highest BCUT2D eigenvalue weighted by Crippen LogP contribution is 2.33. The molecule has 1 N–H and O–H groups in total. The Hall–Kier alpha value is -2.93. The number of hydrogen-bond acceptors (Lipinski definition) is 7. The monoisotopic (exact) mass is 419 g/mol. The molecule has 3 aromatic rings. The van der Waals surface area contributed by atoms with Crippen LogP contribution in [0.2, 0.25) is 0 Å². The smallest absolute Gasteiger partial charge is 0.149 e. The summed E-state index contributed by atoms with van der Waals surface area (Å²) in [6.07, 6.45) is 9.67. The van der Waals surface area contributed by atoms with Crippen molar-refractivity contribution >= 4 is 22.5 Å². The Kier molecular flexibility index (Phi) is 5.84. The maximum absolute atomic E-state index is 6.51. The summed E-state index contributed by atoms with van der Waals surface area (Å²) in [7, 11) is 0. The summed E-state index contributed by atoms with van der Waals surface area (Å²) in [5.41, 5.74) is 4.07. The quantitative estimate of drug-likeness (QED) is 0.671. The van der Waals surface area contributed by atoms with Gasteiger partial charge in [-0.3, -0.25) is 4.98 Å². The van der Waals surface area contributed by atoms with E-state index in [1.807, 2.05) is 12.3 Å². The number of fused-ring (bicyclic) bond motifs is 1. The van der Waals surface area contributed by atoms with Gasteiger partial charge < -0.3 is 19.7 Å². The number of nitrogens with zero attached hydrogens (tertiary/aromatic N) is 4. The molecule has 1 aliphatic heterocycles. The normalized spacial score (nSPS) is 21.8. The van der Waals surface area contributed by atoms with E-state index in [9.17, 15) is 0 Å². The molecule has 0 unspecified atom stereocenters. The van der Waals surface area contributed by atoms with Gasteiger partial charge in [-0.2, -0.15) is 0 Å². The zero-order valence-corrected chi connectivity index (χ0v) is 18.0.